The van der Waals surface area contributed by atoms with Crippen molar-refractivity contribution in [1.82, 2.24) is 19.5 Å². The third-order valence-corrected chi connectivity index (χ3v) is 6.83. The predicted molar refractivity (Wildman–Crippen MR) is 122 cm³/mol. The standard InChI is InChI=1S/C20H18Cl2FN5O4S/c1-12-5-6-14(27-19(29)18(23)28-20(30)17(22)15(21)11-25-28)10-16(12)33(31,32)26-9-7-13-4-2-3-8-24-13/h2-6,8,10-11,18,26H,7,9H2,1H3,(H,27,29). The molecule has 0 fully saturated rings. The van der Waals surface area contributed by atoms with Gasteiger partial charge >= 0.3 is 0 Å². The molecule has 0 aliphatic heterocycles. The largest absolute Gasteiger partial charge is 0.322 e. The Morgan fingerprint density at radius 1 is 1.24 bits per heavy atom. The highest BCUT2D eigenvalue weighted by molar-refractivity contribution is 7.89. The van der Waals surface area contributed by atoms with Crippen molar-refractivity contribution in [2.24, 2.45) is 0 Å². The molecule has 0 spiro atoms. The van der Waals surface area contributed by atoms with Crippen LogP contribution in [0.2, 0.25) is 10.0 Å². The van der Waals surface area contributed by atoms with E-state index in [4.69, 9.17) is 23.2 Å². The summed E-state index contributed by atoms with van der Waals surface area (Å²) in [5.74, 6) is -1.25. The smallest absolute Gasteiger partial charge is 0.290 e. The average Bonchev–Trinajstić information content (AvgIpc) is 2.79. The highest BCUT2D eigenvalue weighted by Crippen LogP contribution is 2.22. The number of alkyl halides is 1. The first-order valence-electron chi connectivity index (χ1n) is 9.48. The second-order valence-electron chi connectivity index (χ2n) is 6.83. The second-order valence-corrected chi connectivity index (χ2v) is 9.35. The number of aromatic nitrogens is 3. The van der Waals surface area contributed by atoms with Crippen LogP contribution in [0.5, 0.6) is 0 Å². The van der Waals surface area contributed by atoms with Crippen LogP contribution >= 0.6 is 23.2 Å². The molecule has 3 rings (SSSR count). The van der Waals surface area contributed by atoms with Crippen molar-refractivity contribution in [2.45, 2.75) is 24.5 Å². The van der Waals surface area contributed by atoms with E-state index in [1.807, 2.05) is 0 Å². The van der Waals surface area contributed by atoms with Gasteiger partial charge in [0.15, 0.2) is 0 Å². The van der Waals surface area contributed by atoms with Gasteiger partial charge in [-0.05, 0) is 36.8 Å². The van der Waals surface area contributed by atoms with Crippen molar-refractivity contribution in [2.75, 3.05) is 11.9 Å². The topological polar surface area (TPSA) is 123 Å². The molecule has 0 bridgehead atoms. The Balaban J connectivity index is 1.74. The van der Waals surface area contributed by atoms with Gasteiger partial charge in [-0.3, -0.25) is 14.6 Å². The number of pyridine rings is 1. The van der Waals surface area contributed by atoms with Crippen LogP contribution in [0.1, 0.15) is 17.6 Å². The highest BCUT2D eigenvalue weighted by Gasteiger charge is 2.25. The van der Waals surface area contributed by atoms with Crippen molar-refractivity contribution in [3.63, 3.8) is 0 Å². The molecule has 0 radical (unpaired) electrons. The number of hydrogen-bond donors (Lipinski definition) is 2. The zero-order valence-electron chi connectivity index (χ0n) is 17.1. The molecule has 1 amide bonds. The van der Waals surface area contributed by atoms with E-state index in [0.29, 0.717) is 12.0 Å². The minimum absolute atomic E-state index is 0.00598. The lowest BCUT2D eigenvalue weighted by Crippen LogP contribution is -2.33. The number of benzene rings is 1. The van der Waals surface area contributed by atoms with Gasteiger partial charge in [-0.2, -0.15) is 9.78 Å². The van der Waals surface area contributed by atoms with Crippen LogP contribution in [0, 0.1) is 6.92 Å². The van der Waals surface area contributed by atoms with Gasteiger partial charge in [0, 0.05) is 30.5 Å². The molecule has 0 aliphatic rings. The van der Waals surface area contributed by atoms with E-state index in [9.17, 15) is 22.4 Å². The summed E-state index contributed by atoms with van der Waals surface area (Å²) in [4.78, 5) is 28.3. The summed E-state index contributed by atoms with van der Waals surface area (Å²) < 4.78 is 42.8. The second kappa shape index (κ2) is 10.4. The van der Waals surface area contributed by atoms with Gasteiger partial charge in [0.2, 0.25) is 10.0 Å². The molecule has 1 aromatic carbocycles. The van der Waals surface area contributed by atoms with Crippen molar-refractivity contribution in [3.05, 3.63) is 80.4 Å². The summed E-state index contributed by atoms with van der Waals surface area (Å²) in [6, 6.07) is 9.38. The lowest BCUT2D eigenvalue weighted by Gasteiger charge is -2.14. The molecule has 13 heteroatoms. The van der Waals surface area contributed by atoms with Crippen LogP contribution in [0.15, 0.2) is 58.5 Å². The number of aryl methyl sites for hydroxylation is 1. The van der Waals surface area contributed by atoms with Gasteiger partial charge in [0.25, 0.3) is 17.8 Å². The van der Waals surface area contributed by atoms with Crippen molar-refractivity contribution < 1.29 is 17.6 Å². The van der Waals surface area contributed by atoms with E-state index in [-0.39, 0.29) is 26.8 Å². The van der Waals surface area contributed by atoms with E-state index >= 15 is 0 Å². The summed E-state index contributed by atoms with van der Waals surface area (Å²) >= 11 is 11.3. The monoisotopic (exact) mass is 513 g/mol. The summed E-state index contributed by atoms with van der Waals surface area (Å²) in [5, 5.41) is 5.03. The number of carbonyl (C=O) groups is 1. The van der Waals surface area contributed by atoms with E-state index in [1.54, 1.807) is 31.3 Å². The molecule has 0 saturated heterocycles. The van der Waals surface area contributed by atoms with Gasteiger partial charge < -0.3 is 5.32 Å². The lowest BCUT2D eigenvalue weighted by molar-refractivity contribution is -0.124. The molecule has 3 aromatic rings. The maximum atomic E-state index is 14.6. The fourth-order valence-corrected chi connectivity index (χ4v) is 4.36. The quantitative estimate of drug-likeness (QED) is 0.477. The highest BCUT2D eigenvalue weighted by atomic mass is 35.5. The van der Waals surface area contributed by atoms with Crippen molar-refractivity contribution in [1.29, 1.82) is 0 Å². The van der Waals surface area contributed by atoms with Crippen LogP contribution in [-0.2, 0) is 21.2 Å². The zero-order valence-corrected chi connectivity index (χ0v) is 19.5. The third-order valence-electron chi connectivity index (χ3n) is 4.48. The molecule has 2 N–H and O–H groups in total. The predicted octanol–water partition coefficient (Wildman–Crippen LogP) is 2.88. The van der Waals surface area contributed by atoms with E-state index < -0.39 is 32.8 Å². The fraction of sp³-hybridized carbons (Fsp3) is 0.200. The number of nitrogens with one attached hydrogen (secondary N) is 2. The maximum Gasteiger partial charge on any atom is 0.290 e. The van der Waals surface area contributed by atoms with Crippen LogP contribution < -0.4 is 15.6 Å². The first-order valence-corrected chi connectivity index (χ1v) is 11.7. The normalized spacial score (nSPS) is 12.4. The Morgan fingerprint density at radius 3 is 2.70 bits per heavy atom. The Labute approximate surface area is 198 Å². The Kier molecular flexibility index (Phi) is 7.80. The van der Waals surface area contributed by atoms with E-state index in [2.05, 4.69) is 20.1 Å². The van der Waals surface area contributed by atoms with Crippen LogP contribution in [0.4, 0.5) is 10.1 Å². The number of nitrogens with zero attached hydrogens (tertiary/aromatic N) is 3. The summed E-state index contributed by atoms with van der Waals surface area (Å²) in [6.07, 6.45) is 0.396. The minimum Gasteiger partial charge on any atom is -0.322 e. The number of carbonyl (C=O) groups excluding carboxylic acids is 1. The van der Waals surface area contributed by atoms with Crippen LogP contribution in [0.3, 0.4) is 0 Å². The number of hydrogen-bond acceptors (Lipinski definition) is 6. The molecule has 1 atom stereocenters. The third kappa shape index (κ3) is 5.93. The molecule has 33 heavy (non-hydrogen) atoms. The van der Waals surface area contributed by atoms with Gasteiger partial charge in [-0.25, -0.2) is 17.5 Å². The Bertz CT molecular complexity index is 1340. The molecule has 1 unspecified atom stereocenters. The molecule has 2 heterocycles. The lowest BCUT2D eigenvalue weighted by atomic mass is 10.2. The van der Waals surface area contributed by atoms with Gasteiger partial charge in [-0.1, -0.05) is 35.3 Å². The first-order chi connectivity index (χ1) is 15.6. The molecular formula is C20H18Cl2FN5O4S. The molecule has 0 saturated carbocycles. The fourth-order valence-electron chi connectivity index (χ4n) is 2.80. The molecule has 174 valence electrons. The van der Waals surface area contributed by atoms with Crippen LogP contribution in [-0.4, -0.2) is 35.6 Å². The SMILES string of the molecule is Cc1ccc(NC(=O)C(F)n2ncc(Cl)c(Cl)c2=O)cc1S(=O)(=O)NCCc1ccccn1. The van der Waals surface area contributed by atoms with E-state index in [0.717, 1.165) is 11.9 Å². The van der Waals surface area contributed by atoms with Crippen LogP contribution in [0.25, 0.3) is 0 Å². The molecule has 0 aliphatic carbocycles. The van der Waals surface area contributed by atoms with Crippen molar-refractivity contribution >= 4 is 44.8 Å². The van der Waals surface area contributed by atoms with Gasteiger partial charge in [0.05, 0.1) is 16.1 Å². The number of rotatable bonds is 8. The maximum absolute atomic E-state index is 14.6. The summed E-state index contributed by atoms with van der Waals surface area (Å²) in [6.45, 7) is 1.68. The Hall–Kier alpha value is -2.86. The number of sulfonamides is 1. The van der Waals surface area contributed by atoms with Gasteiger partial charge in [-0.15, -0.1) is 0 Å². The Morgan fingerprint density at radius 2 is 2.00 bits per heavy atom. The van der Waals surface area contributed by atoms with E-state index in [1.165, 1.54) is 18.2 Å². The zero-order chi connectivity index (χ0) is 24.2. The number of halogens is 3. The summed E-state index contributed by atoms with van der Waals surface area (Å²) in [7, 11) is -3.93. The molecule has 2 aromatic heterocycles. The first kappa shape index (κ1) is 24.8. The number of amides is 1. The van der Waals surface area contributed by atoms with Crippen molar-refractivity contribution in [3.8, 4) is 0 Å². The average molecular weight is 514 g/mol. The number of anilines is 1. The summed E-state index contributed by atoms with van der Waals surface area (Å²) in [5.41, 5.74) is 0.0538. The molecule has 9 nitrogen and oxygen atoms in total. The van der Waals surface area contributed by atoms with Gasteiger partial charge in [0.1, 0.15) is 5.02 Å². The molecular weight excluding hydrogens is 496 g/mol. The minimum atomic E-state index is -3.93.